The molecule has 0 heterocycles. The third-order valence-corrected chi connectivity index (χ3v) is 3.08. The van der Waals surface area contributed by atoms with Crippen LogP contribution in [-0.4, -0.2) is 17.9 Å². The quantitative estimate of drug-likeness (QED) is 0.646. The van der Waals surface area contributed by atoms with Gasteiger partial charge in [0.2, 0.25) is 0 Å². The van der Waals surface area contributed by atoms with Crippen LogP contribution < -0.4 is 15.6 Å². The highest BCUT2D eigenvalue weighted by molar-refractivity contribution is 5.93. The molecule has 0 aliphatic carbocycles. The molecule has 0 radical (unpaired) electrons. The molecular weight excluding hydrogens is 330 g/mol. The molecule has 2 aromatic carbocycles. The van der Waals surface area contributed by atoms with Gasteiger partial charge >= 0.3 is 0 Å². The van der Waals surface area contributed by atoms with Crippen LogP contribution >= 0.6 is 0 Å². The minimum Gasteiger partial charge on any atom is -0.481 e. The largest absolute Gasteiger partial charge is 0.481 e. The fourth-order valence-corrected chi connectivity index (χ4v) is 1.82. The Labute approximate surface area is 143 Å². The minimum atomic E-state index is -0.905. The number of ether oxygens (including phenoxy) is 1. The first-order chi connectivity index (χ1) is 11.9. The van der Waals surface area contributed by atoms with Crippen LogP contribution in [0.25, 0.3) is 6.08 Å². The number of halogens is 2. The lowest BCUT2D eigenvalue weighted by Crippen LogP contribution is -2.46. The molecule has 0 aliphatic rings. The minimum absolute atomic E-state index is 0.321. The number of rotatable bonds is 5. The number of hydrogen-bond acceptors (Lipinski definition) is 3. The molecule has 5 nitrogen and oxygen atoms in total. The van der Waals surface area contributed by atoms with Gasteiger partial charge in [0.1, 0.15) is 17.4 Å². The van der Waals surface area contributed by atoms with Crippen molar-refractivity contribution in [3.05, 3.63) is 71.8 Å². The summed E-state index contributed by atoms with van der Waals surface area (Å²) in [7, 11) is 0. The Morgan fingerprint density at radius 2 is 1.76 bits per heavy atom. The van der Waals surface area contributed by atoms with Gasteiger partial charge in [-0.05, 0) is 55.0 Å². The summed E-state index contributed by atoms with van der Waals surface area (Å²) in [6.07, 6.45) is 1.65. The molecule has 1 atom stereocenters. The first kappa shape index (κ1) is 18.1. The molecule has 0 bridgehead atoms. The summed E-state index contributed by atoms with van der Waals surface area (Å²) in [5.74, 6) is -1.69. The van der Waals surface area contributed by atoms with Crippen LogP contribution in [0.3, 0.4) is 0 Å². The van der Waals surface area contributed by atoms with Crippen LogP contribution in [-0.2, 0) is 9.59 Å². The van der Waals surface area contributed by atoms with E-state index < -0.39 is 29.6 Å². The summed E-state index contributed by atoms with van der Waals surface area (Å²) in [5, 5.41) is 0. The van der Waals surface area contributed by atoms with Gasteiger partial charge in [0.15, 0.2) is 6.10 Å². The maximum absolute atomic E-state index is 13.0. The highest BCUT2D eigenvalue weighted by Gasteiger charge is 2.14. The molecule has 130 valence electrons. The lowest BCUT2D eigenvalue weighted by Gasteiger charge is -2.14. The Morgan fingerprint density at radius 3 is 2.44 bits per heavy atom. The van der Waals surface area contributed by atoms with Gasteiger partial charge in [-0.25, -0.2) is 8.78 Å². The van der Waals surface area contributed by atoms with Gasteiger partial charge < -0.3 is 4.74 Å². The molecule has 2 aromatic rings. The highest BCUT2D eigenvalue weighted by Crippen LogP contribution is 2.12. The van der Waals surface area contributed by atoms with E-state index in [0.29, 0.717) is 11.3 Å². The predicted octanol–water partition coefficient (Wildman–Crippen LogP) is 2.59. The molecule has 2 amide bonds. The number of nitrogens with one attached hydrogen (secondary N) is 2. The Morgan fingerprint density at radius 1 is 1.04 bits per heavy atom. The molecule has 7 heteroatoms. The van der Waals surface area contributed by atoms with E-state index in [-0.39, 0.29) is 0 Å². The van der Waals surface area contributed by atoms with E-state index in [2.05, 4.69) is 10.9 Å². The van der Waals surface area contributed by atoms with Gasteiger partial charge in [-0.3, -0.25) is 20.4 Å². The van der Waals surface area contributed by atoms with Crippen LogP contribution in [0.5, 0.6) is 5.75 Å². The van der Waals surface area contributed by atoms with Crippen molar-refractivity contribution < 1.29 is 23.1 Å². The Bertz CT molecular complexity index is 776. The maximum atomic E-state index is 13.0. The Kier molecular flexibility index (Phi) is 6.22. The monoisotopic (exact) mass is 346 g/mol. The van der Waals surface area contributed by atoms with Crippen LogP contribution in [0.2, 0.25) is 0 Å². The maximum Gasteiger partial charge on any atom is 0.279 e. The van der Waals surface area contributed by atoms with Crippen LogP contribution in [0.1, 0.15) is 12.5 Å². The van der Waals surface area contributed by atoms with Gasteiger partial charge in [0, 0.05) is 6.08 Å². The van der Waals surface area contributed by atoms with Crippen molar-refractivity contribution in [3.8, 4) is 5.75 Å². The molecule has 0 unspecified atom stereocenters. The van der Waals surface area contributed by atoms with E-state index >= 15 is 0 Å². The van der Waals surface area contributed by atoms with Crippen LogP contribution in [0.15, 0.2) is 54.6 Å². The molecule has 25 heavy (non-hydrogen) atoms. The lowest BCUT2D eigenvalue weighted by atomic mass is 10.2. The molecular formula is C18H16F2N2O3. The number of amides is 2. The van der Waals surface area contributed by atoms with Crippen molar-refractivity contribution in [2.75, 3.05) is 0 Å². The van der Waals surface area contributed by atoms with E-state index in [4.69, 9.17) is 4.74 Å². The van der Waals surface area contributed by atoms with Crippen molar-refractivity contribution in [2.45, 2.75) is 13.0 Å². The van der Waals surface area contributed by atoms with E-state index in [0.717, 1.165) is 6.08 Å². The molecule has 2 rings (SSSR count). The second-order valence-electron chi connectivity index (χ2n) is 5.08. The van der Waals surface area contributed by atoms with Crippen molar-refractivity contribution in [1.82, 2.24) is 10.9 Å². The summed E-state index contributed by atoms with van der Waals surface area (Å²) in [5.41, 5.74) is 4.89. The predicted molar refractivity (Wildman–Crippen MR) is 88.2 cm³/mol. The zero-order valence-corrected chi connectivity index (χ0v) is 13.3. The third kappa shape index (κ3) is 6.06. The molecule has 2 N–H and O–H groups in total. The summed E-state index contributed by atoms with van der Waals surface area (Å²) in [6.45, 7) is 1.48. The molecule has 0 fully saturated rings. The molecule has 0 saturated heterocycles. The van der Waals surface area contributed by atoms with E-state index in [1.54, 1.807) is 6.07 Å². The molecule has 0 aromatic heterocycles. The number of carbonyl (C=O) groups excluding carboxylic acids is 2. The fraction of sp³-hybridized carbons (Fsp3) is 0.111. The normalized spacial score (nSPS) is 11.8. The van der Waals surface area contributed by atoms with Gasteiger partial charge in [0.25, 0.3) is 11.8 Å². The van der Waals surface area contributed by atoms with Gasteiger partial charge in [-0.2, -0.15) is 0 Å². The van der Waals surface area contributed by atoms with E-state index in [1.165, 1.54) is 55.5 Å². The van der Waals surface area contributed by atoms with Gasteiger partial charge in [-0.1, -0.05) is 12.1 Å². The first-order valence-electron chi connectivity index (χ1n) is 7.40. The molecule has 0 aliphatic heterocycles. The number of hydrazine groups is 1. The highest BCUT2D eigenvalue weighted by atomic mass is 19.1. The van der Waals surface area contributed by atoms with Crippen LogP contribution in [0.4, 0.5) is 8.78 Å². The smallest absolute Gasteiger partial charge is 0.279 e. The molecule has 0 saturated carbocycles. The number of hydrogen-bond donors (Lipinski definition) is 2. The van der Waals surface area contributed by atoms with Crippen molar-refractivity contribution in [1.29, 1.82) is 0 Å². The molecule has 0 spiro atoms. The Hall–Kier alpha value is -3.22. The average Bonchev–Trinajstić information content (AvgIpc) is 2.60. The fourth-order valence-electron chi connectivity index (χ4n) is 1.82. The average molecular weight is 346 g/mol. The zero-order chi connectivity index (χ0) is 18.2. The second-order valence-corrected chi connectivity index (χ2v) is 5.08. The third-order valence-electron chi connectivity index (χ3n) is 3.08. The number of carbonyl (C=O) groups is 2. The van der Waals surface area contributed by atoms with Gasteiger partial charge in [0.05, 0.1) is 0 Å². The lowest BCUT2D eigenvalue weighted by molar-refractivity contribution is -0.131. The van der Waals surface area contributed by atoms with E-state index in [9.17, 15) is 18.4 Å². The summed E-state index contributed by atoms with van der Waals surface area (Å²) < 4.78 is 31.1. The van der Waals surface area contributed by atoms with Crippen LogP contribution in [0, 0.1) is 11.6 Å². The summed E-state index contributed by atoms with van der Waals surface area (Å²) in [6, 6.07) is 10.9. The topological polar surface area (TPSA) is 67.4 Å². The van der Waals surface area contributed by atoms with Crippen molar-refractivity contribution in [3.63, 3.8) is 0 Å². The van der Waals surface area contributed by atoms with Crippen molar-refractivity contribution >= 4 is 17.9 Å². The summed E-state index contributed by atoms with van der Waals surface area (Å²) >= 11 is 0. The standard InChI is InChI=1S/C18H16F2N2O3/c1-12(25-16-8-6-14(19)7-9-16)18(24)22-21-17(23)10-5-13-3-2-4-15(20)11-13/h2-12H,1H3,(H,21,23)(H,22,24)/b10-5+/t12-/m1/s1. The van der Waals surface area contributed by atoms with Crippen molar-refractivity contribution in [2.24, 2.45) is 0 Å². The zero-order valence-electron chi connectivity index (χ0n) is 13.3. The summed E-state index contributed by atoms with van der Waals surface area (Å²) in [4.78, 5) is 23.5. The number of benzene rings is 2. The second kappa shape index (κ2) is 8.58. The first-order valence-corrected chi connectivity index (χ1v) is 7.40. The van der Waals surface area contributed by atoms with Gasteiger partial charge in [-0.15, -0.1) is 0 Å². The van der Waals surface area contributed by atoms with E-state index in [1.807, 2.05) is 0 Å². The SMILES string of the molecule is C[C@@H](Oc1ccc(F)cc1)C(=O)NNC(=O)/C=C/c1cccc(F)c1. The Balaban J connectivity index is 1.80.